The van der Waals surface area contributed by atoms with Gasteiger partial charge in [0.15, 0.2) is 0 Å². The van der Waals surface area contributed by atoms with E-state index in [1.54, 1.807) is 6.08 Å². The Bertz CT molecular complexity index is 20.9. The van der Waals surface area contributed by atoms with Gasteiger partial charge in [-0.15, -0.1) is 6.58 Å². The zero-order valence-electron chi connectivity index (χ0n) is 2.76. The van der Waals surface area contributed by atoms with Gasteiger partial charge in [-0.25, -0.2) is 0 Å². The van der Waals surface area contributed by atoms with Gasteiger partial charge < -0.3 is 0 Å². The van der Waals surface area contributed by atoms with Crippen LogP contribution in [0.1, 0.15) is 0 Å². The first-order valence-electron chi connectivity index (χ1n) is 1.13. The van der Waals surface area contributed by atoms with Gasteiger partial charge in [-0.3, -0.25) is 0 Å². The number of thiol groups is 1. The number of hydrogen-bond donors (Lipinski definition) is 1. The summed E-state index contributed by atoms with van der Waals surface area (Å²) in [4.78, 5) is 0. The predicted octanol–water partition coefficient (Wildman–Crippen LogP) is 1.10. The summed E-state index contributed by atoms with van der Waals surface area (Å²) in [5.41, 5.74) is 0. The Labute approximate surface area is 52.3 Å². The summed E-state index contributed by atoms with van der Waals surface area (Å²) in [5.74, 6) is 0.778. The van der Waals surface area contributed by atoms with Crippen molar-refractivity contribution in [1.82, 2.24) is 0 Å². The molecule has 0 unspecified atom stereocenters. The normalized spacial score (nSPS) is 5.00. The average molecular weight is 269 g/mol. The van der Waals surface area contributed by atoms with Crippen molar-refractivity contribution in [2.24, 2.45) is 0 Å². The Morgan fingerprint density at radius 1 is 1.80 bits per heavy atom. The van der Waals surface area contributed by atoms with Crippen LogP contribution < -0.4 is 0 Å². The third-order valence-electron chi connectivity index (χ3n) is 0.129. The largest absolute Gasteiger partial charge is 0.175 e. The van der Waals surface area contributed by atoms with Gasteiger partial charge in [0, 0.05) is 26.8 Å². The maximum atomic E-state index is 3.80. The molecule has 0 aromatic carbocycles. The van der Waals surface area contributed by atoms with E-state index in [0.29, 0.717) is 0 Å². The molecular formula is C3H6PtS. The molecule has 0 saturated carbocycles. The third kappa shape index (κ3) is 11.7. The first-order chi connectivity index (χ1) is 1.91. The molecule has 0 aromatic rings. The Kier molecular flexibility index (Phi) is 16.3. The second-order valence-corrected chi connectivity index (χ2v) is 0.836. The van der Waals surface area contributed by atoms with E-state index in [9.17, 15) is 0 Å². The van der Waals surface area contributed by atoms with E-state index in [1.807, 2.05) is 0 Å². The van der Waals surface area contributed by atoms with Crippen LogP contribution in [0.25, 0.3) is 0 Å². The molecule has 5 heavy (non-hydrogen) atoms. The molecule has 0 aliphatic rings. The van der Waals surface area contributed by atoms with Gasteiger partial charge in [0.05, 0.1) is 0 Å². The molecule has 0 rings (SSSR count). The van der Waals surface area contributed by atoms with Crippen molar-refractivity contribution in [1.29, 1.82) is 0 Å². The van der Waals surface area contributed by atoms with E-state index >= 15 is 0 Å². The Hall–Kier alpha value is 0.778. The monoisotopic (exact) mass is 269 g/mol. The fourth-order valence-electron chi connectivity index (χ4n) is 0. The maximum Gasteiger partial charge on any atom is 0.00799 e. The summed E-state index contributed by atoms with van der Waals surface area (Å²) >= 11 is 3.80. The van der Waals surface area contributed by atoms with Gasteiger partial charge in [-0.1, -0.05) is 6.08 Å². The molecule has 34 valence electrons. The molecule has 0 aromatic heterocycles. The standard InChI is InChI=1S/C3H6S.Pt/c1-2-3-4;/h2,4H,1,3H2;. The van der Waals surface area contributed by atoms with E-state index in [0.717, 1.165) is 5.75 Å². The first-order valence-corrected chi connectivity index (χ1v) is 1.77. The molecule has 0 saturated heterocycles. The minimum atomic E-state index is 0. The molecule has 0 nitrogen and oxygen atoms in total. The van der Waals surface area contributed by atoms with Crippen molar-refractivity contribution in [3.05, 3.63) is 12.7 Å². The van der Waals surface area contributed by atoms with Crippen molar-refractivity contribution in [3.8, 4) is 0 Å². The van der Waals surface area contributed by atoms with E-state index in [2.05, 4.69) is 19.2 Å². The fraction of sp³-hybridized carbons (Fsp3) is 0.333. The first kappa shape index (κ1) is 9.24. The van der Waals surface area contributed by atoms with Gasteiger partial charge in [0.2, 0.25) is 0 Å². The quantitative estimate of drug-likeness (QED) is 0.535. The van der Waals surface area contributed by atoms with Crippen molar-refractivity contribution >= 4 is 12.6 Å². The summed E-state index contributed by atoms with van der Waals surface area (Å²) in [7, 11) is 0. The Balaban J connectivity index is 0. The Morgan fingerprint density at radius 2 is 2.00 bits per heavy atom. The van der Waals surface area contributed by atoms with Crippen LogP contribution in [0.2, 0.25) is 0 Å². The van der Waals surface area contributed by atoms with Crippen LogP contribution in [-0.4, -0.2) is 5.75 Å². The topological polar surface area (TPSA) is 0 Å². The Morgan fingerprint density at radius 3 is 2.00 bits per heavy atom. The maximum absolute atomic E-state index is 3.80. The van der Waals surface area contributed by atoms with E-state index in [1.165, 1.54) is 0 Å². The van der Waals surface area contributed by atoms with Crippen molar-refractivity contribution in [2.75, 3.05) is 5.75 Å². The van der Waals surface area contributed by atoms with Crippen LogP contribution in [0.3, 0.4) is 0 Å². The minimum Gasteiger partial charge on any atom is -0.175 e. The van der Waals surface area contributed by atoms with E-state index in [4.69, 9.17) is 0 Å². The minimum absolute atomic E-state index is 0. The molecule has 0 N–H and O–H groups in total. The molecule has 0 heterocycles. The summed E-state index contributed by atoms with van der Waals surface area (Å²) in [6.45, 7) is 3.40. The molecule has 0 bridgehead atoms. The molecule has 0 fully saturated rings. The van der Waals surface area contributed by atoms with Crippen LogP contribution in [0.15, 0.2) is 12.7 Å². The van der Waals surface area contributed by atoms with Gasteiger partial charge in [-0.05, 0) is 0 Å². The van der Waals surface area contributed by atoms with Crippen molar-refractivity contribution < 1.29 is 21.1 Å². The van der Waals surface area contributed by atoms with Crippen LogP contribution >= 0.6 is 12.6 Å². The summed E-state index contributed by atoms with van der Waals surface area (Å²) < 4.78 is 0. The van der Waals surface area contributed by atoms with Gasteiger partial charge in [-0.2, -0.15) is 12.6 Å². The summed E-state index contributed by atoms with van der Waals surface area (Å²) in [6, 6.07) is 0. The van der Waals surface area contributed by atoms with Gasteiger partial charge in [0.25, 0.3) is 0 Å². The SMILES string of the molecule is C=CCS.[Pt]. The predicted molar refractivity (Wildman–Crippen MR) is 24.0 cm³/mol. The third-order valence-corrected chi connectivity index (χ3v) is 0.387. The molecule has 0 aliphatic heterocycles. The molecule has 0 radical (unpaired) electrons. The van der Waals surface area contributed by atoms with Crippen molar-refractivity contribution in [3.63, 3.8) is 0 Å². The smallest absolute Gasteiger partial charge is 0.00799 e. The molecule has 0 aliphatic carbocycles. The fourth-order valence-corrected chi connectivity index (χ4v) is 0. The number of rotatable bonds is 1. The zero-order valence-corrected chi connectivity index (χ0v) is 5.92. The molecule has 2 heteroatoms. The van der Waals surface area contributed by atoms with Gasteiger partial charge in [0.1, 0.15) is 0 Å². The number of hydrogen-bond acceptors (Lipinski definition) is 1. The van der Waals surface area contributed by atoms with E-state index in [-0.39, 0.29) is 21.1 Å². The van der Waals surface area contributed by atoms with Crippen molar-refractivity contribution in [2.45, 2.75) is 0 Å². The molecule has 0 spiro atoms. The average Bonchev–Trinajstić information content (AvgIpc) is 1.37. The van der Waals surface area contributed by atoms with Crippen LogP contribution in [0.5, 0.6) is 0 Å². The van der Waals surface area contributed by atoms with Crippen LogP contribution in [-0.2, 0) is 21.1 Å². The van der Waals surface area contributed by atoms with E-state index < -0.39 is 0 Å². The summed E-state index contributed by atoms with van der Waals surface area (Å²) in [6.07, 6.45) is 1.74. The zero-order chi connectivity index (χ0) is 3.41. The second-order valence-electron chi connectivity index (χ2n) is 0.471. The van der Waals surface area contributed by atoms with Crippen LogP contribution in [0, 0.1) is 0 Å². The van der Waals surface area contributed by atoms with Crippen LogP contribution in [0.4, 0.5) is 0 Å². The summed E-state index contributed by atoms with van der Waals surface area (Å²) in [5, 5.41) is 0. The molecular weight excluding hydrogens is 263 g/mol. The second kappa shape index (κ2) is 8.84. The molecule has 0 amide bonds. The van der Waals surface area contributed by atoms with Gasteiger partial charge >= 0.3 is 0 Å². The molecule has 0 atom stereocenters.